The van der Waals surface area contributed by atoms with Gasteiger partial charge in [-0.3, -0.25) is 10.3 Å². The molecule has 4 nitrogen and oxygen atoms in total. The first-order valence-corrected chi connectivity index (χ1v) is 6.61. The molecule has 1 heterocycles. The molecule has 0 saturated carbocycles. The zero-order valence-corrected chi connectivity index (χ0v) is 11.5. The molecule has 0 fully saturated rings. The van der Waals surface area contributed by atoms with E-state index >= 15 is 0 Å². The Morgan fingerprint density at radius 3 is 2.52 bits per heavy atom. The van der Waals surface area contributed by atoms with Gasteiger partial charge in [0.1, 0.15) is 0 Å². The fourth-order valence-corrected chi connectivity index (χ4v) is 2.44. The van der Waals surface area contributed by atoms with Crippen molar-refractivity contribution in [2.75, 3.05) is 5.32 Å². The van der Waals surface area contributed by atoms with Crippen LogP contribution in [0.15, 0.2) is 54.6 Å². The minimum absolute atomic E-state index is 0.562. The fraction of sp³-hybridized carbons (Fsp3) is 0.0588. The minimum Gasteiger partial charge on any atom is -0.465 e. The topological polar surface area (TPSA) is 62.2 Å². The molecule has 0 aliphatic rings. The molecule has 0 radical (unpaired) electrons. The van der Waals surface area contributed by atoms with Crippen LogP contribution in [-0.4, -0.2) is 16.2 Å². The van der Waals surface area contributed by atoms with Crippen LogP contribution in [0.3, 0.4) is 0 Å². The number of amides is 1. The van der Waals surface area contributed by atoms with E-state index in [4.69, 9.17) is 5.11 Å². The molecule has 2 aromatic carbocycles. The van der Waals surface area contributed by atoms with E-state index in [-0.39, 0.29) is 0 Å². The van der Waals surface area contributed by atoms with Crippen LogP contribution in [-0.2, 0) is 0 Å². The molecule has 2 N–H and O–H groups in total. The van der Waals surface area contributed by atoms with Crippen molar-refractivity contribution in [1.29, 1.82) is 0 Å². The van der Waals surface area contributed by atoms with Gasteiger partial charge in [-0.25, -0.2) is 4.79 Å². The summed E-state index contributed by atoms with van der Waals surface area (Å²) in [7, 11) is 0. The molecule has 0 spiro atoms. The van der Waals surface area contributed by atoms with Crippen LogP contribution in [0.25, 0.3) is 22.0 Å². The van der Waals surface area contributed by atoms with Crippen molar-refractivity contribution < 1.29 is 9.90 Å². The maximum absolute atomic E-state index is 11.0. The van der Waals surface area contributed by atoms with Crippen molar-refractivity contribution in [3.63, 3.8) is 0 Å². The van der Waals surface area contributed by atoms with Crippen LogP contribution in [0.2, 0.25) is 0 Å². The average molecular weight is 278 g/mol. The van der Waals surface area contributed by atoms with Crippen LogP contribution in [0.1, 0.15) is 5.69 Å². The van der Waals surface area contributed by atoms with Crippen LogP contribution in [0.5, 0.6) is 0 Å². The zero-order chi connectivity index (χ0) is 14.8. The maximum Gasteiger partial charge on any atom is 0.409 e. The van der Waals surface area contributed by atoms with Gasteiger partial charge in [-0.1, -0.05) is 36.4 Å². The van der Waals surface area contributed by atoms with Crippen LogP contribution in [0, 0.1) is 6.92 Å². The first kappa shape index (κ1) is 13.1. The lowest BCUT2D eigenvalue weighted by Crippen LogP contribution is -2.08. The quantitative estimate of drug-likeness (QED) is 0.734. The summed E-state index contributed by atoms with van der Waals surface area (Å²) in [5, 5.41) is 12.4. The molecule has 104 valence electrons. The van der Waals surface area contributed by atoms with Gasteiger partial charge in [0.15, 0.2) is 0 Å². The second-order valence-corrected chi connectivity index (χ2v) is 4.80. The molecule has 21 heavy (non-hydrogen) atoms. The van der Waals surface area contributed by atoms with E-state index in [9.17, 15) is 4.79 Å². The molecular formula is C17H14N2O2. The summed E-state index contributed by atoms with van der Waals surface area (Å²) in [5.74, 6) is 0. The number of benzene rings is 2. The SMILES string of the molecule is Cc1ccc2c(-c3ccccc3)c(NC(=O)O)ccc2n1. The summed E-state index contributed by atoms with van der Waals surface area (Å²) in [4.78, 5) is 15.5. The van der Waals surface area contributed by atoms with Crippen molar-refractivity contribution in [2.45, 2.75) is 6.92 Å². The van der Waals surface area contributed by atoms with E-state index in [1.54, 1.807) is 6.07 Å². The maximum atomic E-state index is 11.0. The monoisotopic (exact) mass is 278 g/mol. The molecule has 3 aromatic rings. The van der Waals surface area contributed by atoms with Crippen LogP contribution in [0.4, 0.5) is 10.5 Å². The number of rotatable bonds is 2. The number of carboxylic acid groups (broad SMARTS) is 1. The van der Waals surface area contributed by atoms with Crippen LogP contribution < -0.4 is 5.32 Å². The van der Waals surface area contributed by atoms with Gasteiger partial charge in [-0.2, -0.15) is 0 Å². The normalized spacial score (nSPS) is 10.5. The first-order valence-electron chi connectivity index (χ1n) is 6.61. The van der Waals surface area contributed by atoms with E-state index in [0.29, 0.717) is 5.69 Å². The third-order valence-electron chi connectivity index (χ3n) is 3.31. The Morgan fingerprint density at radius 1 is 1.05 bits per heavy atom. The minimum atomic E-state index is -1.08. The standard InChI is InChI=1S/C17H14N2O2/c1-11-7-8-13-14(18-11)9-10-15(19-17(20)21)16(13)12-5-3-2-4-6-12/h2-10,19H,1H3,(H,20,21). The lowest BCUT2D eigenvalue weighted by molar-refractivity contribution is 0.210. The molecule has 4 heteroatoms. The number of aryl methyl sites for hydroxylation is 1. The molecule has 1 amide bonds. The number of pyridine rings is 1. The van der Waals surface area contributed by atoms with Gasteiger partial charge in [-0.15, -0.1) is 0 Å². The third-order valence-corrected chi connectivity index (χ3v) is 3.31. The summed E-state index contributed by atoms with van der Waals surface area (Å²) >= 11 is 0. The van der Waals surface area contributed by atoms with Gasteiger partial charge in [0.25, 0.3) is 0 Å². The molecule has 0 aliphatic heterocycles. The van der Waals surface area contributed by atoms with E-state index in [1.165, 1.54) is 0 Å². The predicted molar refractivity (Wildman–Crippen MR) is 83.6 cm³/mol. The Morgan fingerprint density at radius 2 is 1.81 bits per heavy atom. The summed E-state index contributed by atoms with van der Waals surface area (Å²) in [6.07, 6.45) is -1.08. The summed E-state index contributed by atoms with van der Waals surface area (Å²) in [5.41, 5.74) is 4.15. The summed E-state index contributed by atoms with van der Waals surface area (Å²) < 4.78 is 0. The Labute approximate surface area is 122 Å². The Bertz CT molecular complexity index is 814. The number of nitrogens with one attached hydrogen (secondary N) is 1. The number of fused-ring (bicyclic) bond motifs is 1. The highest BCUT2D eigenvalue weighted by Gasteiger charge is 2.12. The largest absolute Gasteiger partial charge is 0.465 e. The second-order valence-electron chi connectivity index (χ2n) is 4.80. The van der Waals surface area contributed by atoms with E-state index in [0.717, 1.165) is 27.7 Å². The smallest absolute Gasteiger partial charge is 0.409 e. The number of anilines is 1. The highest BCUT2D eigenvalue weighted by Crippen LogP contribution is 2.35. The van der Waals surface area contributed by atoms with Gasteiger partial charge in [-0.05, 0) is 30.7 Å². The predicted octanol–water partition coefficient (Wildman–Crippen LogP) is 4.30. The van der Waals surface area contributed by atoms with Crippen LogP contribution >= 0.6 is 0 Å². The molecule has 1 aromatic heterocycles. The molecule has 0 bridgehead atoms. The van der Waals surface area contributed by atoms with Crippen molar-refractivity contribution in [2.24, 2.45) is 0 Å². The van der Waals surface area contributed by atoms with Crippen molar-refractivity contribution in [1.82, 2.24) is 4.98 Å². The summed E-state index contributed by atoms with van der Waals surface area (Å²) in [6.45, 7) is 1.94. The highest BCUT2D eigenvalue weighted by atomic mass is 16.4. The fourth-order valence-electron chi connectivity index (χ4n) is 2.44. The number of carbonyl (C=O) groups is 1. The molecular weight excluding hydrogens is 264 g/mol. The lowest BCUT2D eigenvalue weighted by atomic mass is 9.98. The Kier molecular flexibility index (Phi) is 3.28. The Hall–Kier alpha value is -2.88. The number of nitrogens with zero attached hydrogens (tertiary/aromatic N) is 1. The number of hydrogen-bond donors (Lipinski definition) is 2. The van der Waals surface area contributed by atoms with E-state index in [2.05, 4.69) is 10.3 Å². The van der Waals surface area contributed by atoms with Crippen molar-refractivity contribution in [3.05, 3.63) is 60.3 Å². The van der Waals surface area contributed by atoms with E-state index in [1.807, 2.05) is 55.5 Å². The average Bonchev–Trinajstić information content (AvgIpc) is 2.47. The molecule has 0 aliphatic carbocycles. The lowest BCUT2D eigenvalue weighted by Gasteiger charge is -2.13. The van der Waals surface area contributed by atoms with Gasteiger partial charge >= 0.3 is 6.09 Å². The number of hydrogen-bond acceptors (Lipinski definition) is 2. The zero-order valence-electron chi connectivity index (χ0n) is 11.5. The number of aromatic nitrogens is 1. The highest BCUT2D eigenvalue weighted by molar-refractivity contribution is 6.04. The summed E-state index contributed by atoms with van der Waals surface area (Å²) in [6, 6.07) is 17.2. The second kappa shape index (κ2) is 5.25. The van der Waals surface area contributed by atoms with Gasteiger partial charge in [0, 0.05) is 16.6 Å². The van der Waals surface area contributed by atoms with Gasteiger partial charge < -0.3 is 5.11 Å². The van der Waals surface area contributed by atoms with Gasteiger partial charge in [0.2, 0.25) is 0 Å². The Balaban J connectivity index is 2.32. The van der Waals surface area contributed by atoms with E-state index < -0.39 is 6.09 Å². The third kappa shape index (κ3) is 2.56. The first-order chi connectivity index (χ1) is 10.1. The van der Waals surface area contributed by atoms with Gasteiger partial charge in [0.05, 0.1) is 11.2 Å². The molecule has 3 rings (SSSR count). The molecule has 0 saturated heterocycles. The molecule has 0 unspecified atom stereocenters. The van der Waals surface area contributed by atoms with Crippen molar-refractivity contribution in [3.8, 4) is 11.1 Å². The molecule has 0 atom stereocenters. The van der Waals surface area contributed by atoms with Crippen molar-refractivity contribution >= 4 is 22.7 Å².